The molecule has 22 heavy (non-hydrogen) atoms. The molecule has 0 saturated carbocycles. The summed E-state index contributed by atoms with van der Waals surface area (Å²) in [7, 11) is 3.23. The molecule has 1 N–H and O–H groups in total. The molecule has 0 unspecified atom stereocenters. The molecule has 0 atom stereocenters. The van der Waals surface area contributed by atoms with E-state index in [-0.39, 0.29) is 5.91 Å². The van der Waals surface area contributed by atoms with Crippen LogP contribution >= 0.6 is 27.3 Å². The van der Waals surface area contributed by atoms with Crippen LogP contribution < -0.4 is 14.8 Å². The maximum Gasteiger partial charge on any atom is 0.220 e. The van der Waals surface area contributed by atoms with Crippen LogP contribution in [0, 0.1) is 0 Å². The average Bonchev–Trinajstić information content (AvgIpc) is 2.96. The van der Waals surface area contributed by atoms with Crippen LogP contribution in [0.15, 0.2) is 34.1 Å². The molecule has 2 rings (SSSR count). The molecule has 0 aliphatic rings. The predicted octanol–water partition coefficient (Wildman–Crippen LogP) is 3.78. The Hall–Kier alpha value is -1.53. The first-order valence-electron chi connectivity index (χ1n) is 6.83. The summed E-state index contributed by atoms with van der Waals surface area (Å²) < 4.78 is 11.5. The number of rotatable bonds is 7. The van der Waals surface area contributed by atoms with Gasteiger partial charge in [0.05, 0.1) is 24.6 Å². The summed E-state index contributed by atoms with van der Waals surface area (Å²) in [6.45, 7) is 0.566. The number of benzene rings is 1. The highest BCUT2D eigenvalue weighted by Crippen LogP contribution is 2.23. The Labute approximate surface area is 142 Å². The van der Waals surface area contributed by atoms with Gasteiger partial charge in [0.15, 0.2) is 0 Å². The van der Waals surface area contributed by atoms with Gasteiger partial charge in [-0.25, -0.2) is 0 Å². The summed E-state index contributed by atoms with van der Waals surface area (Å²) in [5.74, 6) is 1.50. The molecule has 118 valence electrons. The average molecular weight is 384 g/mol. The number of methoxy groups -OCH3 is 2. The lowest BCUT2D eigenvalue weighted by molar-refractivity contribution is -0.121. The summed E-state index contributed by atoms with van der Waals surface area (Å²) in [5, 5.41) is 2.93. The van der Waals surface area contributed by atoms with Gasteiger partial charge in [-0.05, 0) is 52.2 Å². The molecule has 0 fully saturated rings. The maximum absolute atomic E-state index is 11.9. The van der Waals surface area contributed by atoms with Crippen LogP contribution in [0.5, 0.6) is 11.5 Å². The van der Waals surface area contributed by atoms with Gasteiger partial charge in [0.25, 0.3) is 0 Å². The van der Waals surface area contributed by atoms with Gasteiger partial charge in [0.2, 0.25) is 5.91 Å². The van der Waals surface area contributed by atoms with Crippen LogP contribution in [-0.2, 0) is 17.8 Å². The van der Waals surface area contributed by atoms with E-state index in [1.165, 1.54) is 0 Å². The van der Waals surface area contributed by atoms with Gasteiger partial charge < -0.3 is 14.8 Å². The number of aryl methyl sites for hydroxylation is 1. The van der Waals surface area contributed by atoms with Crippen LogP contribution in [-0.4, -0.2) is 20.1 Å². The van der Waals surface area contributed by atoms with Gasteiger partial charge in [-0.1, -0.05) is 0 Å². The van der Waals surface area contributed by atoms with E-state index in [1.54, 1.807) is 25.6 Å². The van der Waals surface area contributed by atoms with Gasteiger partial charge in [0.1, 0.15) is 11.5 Å². The number of carbonyl (C=O) groups excluding carboxylic acids is 1. The second-order valence-corrected chi connectivity index (χ2v) is 7.25. The van der Waals surface area contributed by atoms with E-state index in [0.29, 0.717) is 19.4 Å². The van der Waals surface area contributed by atoms with E-state index in [1.807, 2.05) is 30.3 Å². The standard InChI is InChI=1S/C16H18BrNO3S/c1-20-12-7-11(8-13(9-12)21-2)3-6-16(19)18-10-14-4-5-15(17)22-14/h4-5,7-9H,3,6,10H2,1-2H3,(H,18,19). The number of hydrogen-bond donors (Lipinski definition) is 1. The zero-order valence-corrected chi connectivity index (χ0v) is 14.9. The third-order valence-electron chi connectivity index (χ3n) is 3.14. The molecule has 0 saturated heterocycles. The van der Waals surface area contributed by atoms with E-state index >= 15 is 0 Å². The van der Waals surface area contributed by atoms with Crippen LogP contribution in [0.3, 0.4) is 0 Å². The van der Waals surface area contributed by atoms with Gasteiger partial charge in [-0.15, -0.1) is 11.3 Å². The lowest BCUT2D eigenvalue weighted by atomic mass is 10.1. The molecule has 1 aromatic carbocycles. The SMILES string of the molecule is COc1cc(CCC(=O)NCc2ccc(Br)s2)cc(OC)c1. The Balaban J connectivity index is 1.85. The molecule has 2 aromatic rings. The Morgan fingerprint density at radius 3 is 2.41 bits per heavy atom. The molecule has 0 aliphatic carbocycles. The lowest BCUT2D eigenvalue weighted by Crippen LogP contribution is -2.22. The lowest BCUT2D eigenvalue weighted by Gasteiger charge is -2.08. The van der Waals surface area contributed by atoms with E-state index in [9.17, 15) is 4.79 Å². The Morgan fingerprint density at radius 2 is 1.86 bits per heavy atom. The van der Waals surface area contributed by atoms with Crippen LogP contribution in [0.25, 0.3) is 0 Å². The van der Waals surface area contributed by atoms with Gasteiger partial charge >= 0.3 is 0 Å². The summed E-state index contributed by atoms with van der Waals surface area (Å²) in [6.07, 6.45) is 1.08. The van der Waals surface area contributed by atoms with Crippen molar-refractivity contribution in [3.63, 3.8) is 0 Å². The van der Waals surface area contributed by atoms with E-state index < -0.39 is 0 Å². The van der Waals surface area contributed by atoms with Crippen LogP contribution in [0.2, 0.25) is 0 Å². The monoisotopic (exact) mass is 383 g/mol. The highest BCUT2D eigenvalue weighted by molar-refractivity contribution is 9.11. The first-order valence-corrected chi connectivity index (χ1v) is 8.44. The van der Waals surface area contributed by atoms with Crippen molar-refractivity contribution in [3.05, 3.63) is 44.6 Å². The molecule has 0 spiro atoms. The van der Waals surface area contributed by atoms with Gasteiger partial charge in [-0.3, -0.25) is 4.79 Å². The fraction of sp³-hybridized carbons (Fsp3) is 0.312. The first kappa shape index (κ1) is 16.8. The molecular formula is C16H18BrNO3S. The third kappa shape index (κ3) is 5.03. The fourth-order valence-electron chi connectivity index (χ4n) is 1.99. The molecule has 0 bridgehead atoms. The van der Waals surface area contributed by atoms with Crippen LogP contribution in [0.4, 0.5) is 0 Å². The van der Waals surface area contributed by atoms with Crippen molar-refractivity contribution in [2.24, 2.45) is 0 Å². The highest BCUT2D eigenvalue weighted by atomic mass is 79.9. The summed E-state index contributed by atoms with van der Waals surface area (Å²) in [6, 6.07) is 9.65. The van der Waals surface area contributed by atoms with Crippen molar-refractivity contribution >= 4 is 33.2 Å². The van der Waals surface area contributed by atoms with Crippen molar-refractivity contribution in [2.75, 3.05) is 14.2 Å². The first-order chi connectivity index (χ1) is 10.6. The minimum absolute atomic E-state index is 0.0336. The molecule has 1 amide bonds. The van der Waals surface area contributed by atoms with Crippen LogP contribution in [0.1, 0.15) is 16.9 Å². The number of halogens is 1. The molecule has 1 heterocycles. The Bertz CT molecular complexity index is 620. The normalized spacial score (nSPS) is 10.3. The van der Waals surface area contributed by atoms with E-state index in [2.05, 4.69) is 21.2 Å². The molecule has 1 aromatic heterocycles. The maximum atomic E-state index is 11.9. The number of nitrogens with one attached hydrogen (secondary N) is 1. The fourth-order valence-corrected chi connectivity index (χ4v) is 3.41. The van der Waals surface area contributed by atoms with Crippen molar-refractivity contribution in [1.82, 2.24) is 5.32 Å². The van der Waals surface area contributed by atoms with Gasteiger partial charge in [-0.2, -0.15) is 0 Å². The third-order valence-corrected chi connectivity index (χ3v) is 4.76. The number of hydrogen-bond acceptors (Lipinski definition) is 4. The largest absolute Gasteiger partial charge is 0.497 e. The zero-order chi connectivity index (χ0) is 15.9. The quantitative estimate of drug-likeness (QED) is 0.791. The minimum atomic E-state index is 0.0336. The van der Waals surface area contributed by atoms with Crippen molar-refractivity contribution in [2.45, 2.75) is 19.4 Å². The topological polar surface area (TPSA) is 47.6 Å². The highest BCUT2D eigenvalue weighted by Gasteiger charge is 2.06. The summed E-state index contributed by atoms with van der Waals surface area (Å²) >= 11 is 5.03. The second-order valence-electron chi connectivity index (χ2n) is 4.70. The Morgan fingerprint density at radius 1 is 1.18 bits per heavy atom. The second kappa shape index (κ2) is 8.19. The zero-order valence-electron chi connectivity index (χ0n) is 12.5. The van der Waals surface area contributed by atoms with Gasteiger partial charge in [0, 0.05) is 17.4 Å². The Kier molecular flexibility index (Phi) is 6.27. The molecule has 0 radical (unpaired) electrons. The van der Waals surface area contributed by atoms with Crippen molar-refractivity contribution in [3.8, 4) is 11.5 Å². The van der Waals surface area contributed by atoms with E-state index in [4.69, 9.17) is 9.47 Å². The number of amides is 1. The molecule has 0 aliphatic heterocycles. The number of carbonyl (C=O) groups is 1. The summed E-state index contributed by atoms with van der Waals surface area (Å²) in [5.41, 5.74) is 1.02. The molecular weight excluding hydrogens is 366 g/mol. The van der Waals surface area contributed by atoms with Crippen molar-refractivity contribution in [1.29, 1.82) is 0 Å². The number of thiophene rings is 1. The smallest absolute Gasteiger partial charge is 0.220 e. The number of ether oxygens (including phenoxy) is 2. The summed E-state index contributed by atoms with van der Waals surface area (Å²) in [4.78, 5) is 13.1. The predicted molar refractivity (Wildman–Crippen MR) is 91.7 cm³/mol. The van der Waals surface area contributed by atoms with Crippen molar-refractivity contribution < 1.29 is 14.3 Å². The minimum Gasteiger partial charge on any atom is -0.497 e. The molecule has 4 nitrogen and oxygen atoms in total. The molecule has 6 heteroatoms. The van der Waals surface area contributed by atoms with E-state index in [0.717, 1.165) is 25.7 Å².